The van der Waals surface area contributed by atoms with Crippen molar-refractivity contribution in [3.8, 4) is 0 Å². The van der Waals surface area contributed by atoms with Gasteiger partial charge < -0.3 is 10.6 Å². The lowest BCUT2D eigenvalue weighted by atomic mass is 9.89. The van der Waals surface area contributed by atoms with Gasteiger partial charge in [-0.1, -0.05) is 27.2 Å². The molecule has 3 nitrogen and oxygen atoms in total. The van der Waals surface area contributed by atoms with Crippen molar-refractivity contribution in [2.75, 3.05) is 13.1 Å². The molecule has 1 aliphatic heterocycles. The molecular formula is C13H26N2O. The van der Waals surface area contributed by atoms with Gasteiger partial charge >= 0.3 is 0 Å². The fraction of sp³-hybridized carbons (Fsp3) is 0.923. The smallest absolute Gasteiger partial charge is 0.226 e. The number of hydrogen-bond donors (Lipinski definition) is 1. The first-order valence-electron chi connectivity index (χ1n) is 6.62. The SMILES string of the molecule is CCC(C)C1CCCCN1C(=O)C(C)CN. The van der Waals surface area contributed by atoms with Crippen LogP contribution in [0.25, 0.3) is 0 Å². The molecule has 1 aliphatic rings. The zero-order valence-corrected chi connectivity index (χ0v) is 10.9. The molecule has 0 aromatic rings. The number of carbonyl (C=O) groups is 1. The molecule has 0 bridgehead atoms. The quantitative estimate of drug-likeness (QED) is 0.797. The van der Waals surface area contributed by atoms with Crippen molar-refractivity contribution < 1.29 is 4.79 Å². The molecule has 3 unspecified atom stereocenters. The molecule has 0 spiro atoms. The number of nitrogens with two attached hydrogens (primary N) is 1. The van der Waals surface area contributed by atoms with Gasteiger partial charge in [0.2, 0.25) is 5.91 Å². The zero-order chi connectivity index (χ0) is 12.1. The van der Waals surface area contributed by atoms with E-state index in [2.05, 4.69) is 18.7 Å². The summed E-state index contributed by atoms with van der Waals surface area (Å²) >= 11 is 0. The largest absolute Gasteiger partial charge is 0.339 e. The molecule has 94 valence electrons. The molecular weight excluding hydrogens is 200 g/mol. The van der Waals surface area contributed by atoms with Gasteiger partial charge in [-0.15, -0.1) is 0 Å². The number of amides is 1. The number of rotatable bonds is 4. The summed E-state index contributed by atoms with van der Waals surface area (Å²) in [7, 11) is 0. The van der Waals surface area contributed by atoms with Crippen molar-refractivity contribution in [2.45, 2.75) is 52.5 Å². The normalized spacial score (nSPS) is 25.2. The van der Waals surface area contributed by atoms with Crippen molar-refractivity contribution in [3.63, 3.8) is 0 Å². The van der Waals surface area contributed by atoms with Crippen LogP contribution in [0.2, 0.25) is 0 Å². The Labute approximate surface area is 99.4 Å². The Balaban J connectivity index is 2.69. The topological polar surface area (TPSA) is 46.3 Å². The Bertz CT molecular complexity index is 230. The molecule has 2 N–H and O–H groups in total. The summed E-state index contributed by atoms with van der Waals surface area (Å²) in [6.45, 7) is 7.78. The van der Waals surface area contributed by atoms with Crippen LogP contribution < -0.4 is 5.73 Å². The average Bonchev–Trinajstić information content (AvgIpc) is 2.35. The third kappa shape index (κ3) is 2.97. The predicted molar refractivity (Wildman–Crippen MR) is 67.0 cm³/mol. The van der Waals surface area contributed by atoms with E-state index in [0.29, 0.717) is 18.5 Å². The fourth-order valence-electron chi connectivity index (χ4n) is 2.48. The molecule has 3 atom stereocenters. The molecule has 0 aromatic carbocycles. The zero-order valence-electron chi connectivity index (χ0n) is 10.9. The van der Waals surface area contributed by atoms with Crippen LogP contribution in [0.3, 0.4) is 0 Å². The third-order valence-electron chi connectivity index (χ3n) is 3.91. The molecule has 1 saturated heterocycles. The fourth-order valence-corrected chi connectivity index (χ4v) is 2.48. The second kappa shape index (κ2) is 6.24. The molecule has 16 heavy (non-hydrogen) atoms. The van der Waals surface area contributed by atoms with Gasteiger partial charge in [-0.3, -0.25) is 4.79 Å². The molecule has 1 heterocycles. The summed E-state index contributed by atoms with van der Waals surface area (Å²) in [4.78, 5) is 14.3. The van der Waals surface area contributed by atoms with Crippen LogP contribution in [0.15, 0.2) is 0 Å². The van der Waals surface area contributed by atoms with E-state index in [9.17, 15) is 4.79 Å². The maximum Gasteiger partial charge on any atom is 0.226 e. The minimum atomic E-state index is -0.0235. The summed E-state index contributed by atoms with van der Waals surface area (Å²) in [6.07, 6.45) is 4.72. The minimum absolute atomic E-state index is 0.0235. The van der Waals surface area contributed by atoms with Crippen LogP contribution in [-0.2, 0) is 4.79 Å². The maximum atomic E-state index is 12.2. The Morgan fingerprint density at radius 1 is 1.44 bits per heavy atom. The molecule has 0 aromatic heterocycles. The molecule has 1 fully saturated rings. The van der Waals surface area contributed by atoms with Crippen LogP contribution >= 0.6 is 0 Å². The summed E-state index contributed by atoms with van der Waals surface area (Å²) in [5.74, 6) is 0.839. The minimum Gasteiger partial charge on any atom is -0.339 e. The second-order valence-corrected chi connectivity index (χ2v) is 5.12. The molecule has 0 saturated carbocycles. The molecule has 1 amide bonds. The number of hydrogen-bond acceptors (Lipinski definition) is 2. The first-order valence-corrected chi connectivity index (χ1v) is 6.62. The Kier molecular flexibility index (Phi) is 5.26. The Hall–Kier alpha value is -0.570. The summed E-state index contributed by atoms with van der Waals surface area (Å²) in [5.41, 5.74) is 5.59. The lowest BCUT2D eigenvalue weighted by Crippen LogP contribution is -2.49. The molecule has 3 heteroatoms. The lowest BCUT2D eigenvalue weighted by Gasteiger charge is -2.40. The Morgan fingerprint density at radius 2 is 2.12 bits per heavy atom. The number of carbonyl (C=O) groups excluding carboxylic acids is 1. The van der Waals surface area contributed by atoms with Crippen LogP contribution in [0.5, 0.6) is 0 Å². The van der Waals surface area contributed by atoms with Gasteiger partial charge in [-0.05, 0) is 25.2 Å². The highest BCUT2D eigenvalue weighted by molar-refractivity contribution is 5.79. The first kappa shape index (κ1) is 13.5. The molecule has 0 aliphatic carbocycles. The third-order valence-corrected chi connectivity index (χ3v) is 3.91. The van der Waals surface area contributed by atoms with E-state index in [1.165, 1.54) is 6.42 Å². The average molecular weight is 226 g/mol. The standard InChI is InChI=1S/C13H26N2O/c1-4-10(2)12-7-5-6-8-15(12)13(16)11(3)9-14/h10-12H,4-9,14H2,1-3H3. The molecule has 1 rings (SSSR count). The lowest BCUT2D eigenvalue weighted by molar-refractivity contribution is -0.139. The van der Waals surface area contributed by atoms with E-state index in [0.717, 1.165) is 25.8 Å². The second-order valence-electron chi connectivity index (χ2n) is 5.12. The van der Waals surface area contributed by atoms with Crippen molar-refractivity contribution in [1.29, 1.82) is 0 Å². The van der Waals surface area contributed by atoms with Gasteiger partial charge in [0.05, 0.1) is 0 Å². The van der Waals surface area contributed by atoms with Gasteiger partial charge in [0.1, 0.15) is 0 Å². The van der Waals surface area contributed by atoms with Crippen LogP contribution in [0.4, 0.5) is 0 Å². The van der Waals surface area contributed by atoms with E-state index >= 15 is 0 Å². The summed E-state index contributed by atoms with van der Waals surface area (Å²) < 4.78 is 0. The highest BCUT2D eigenvalue weighted by Crippen LogP contribution is 2.26. The van der Waals surface area contributed by atoms with Gasteiger partial charge in [-0.2, -0.15) is 0 Å². The highest BCUT2D eigenvalue weighted by atomic mass is 16.2. The summed E-state index contributed by atoms with van der Waals surface area (Å²) in [6, 6.07) is 0.445. The predicted octanol–water partition coefficient (Wildman–Crippen LogP) is 2.01. The van der Waals surface area contributed by atoms with Crippen molar-refractivity contribution in [2.24, 2.45) is 17.6 Å². The van der Waals surface area contributed by atoms with Crippen LogP contribution in [0, 0.1) is 11.8 Å². The van der Waals surface area contributed by atoms with Crippen molar-refractivity contribution >= 4 is 5.91 Å². The monoisotopic (exact) mass is 226 g/mol. The van der Waals surface area contributed by atoms with Gasteiger partial charge in [0.15, 0.2) is 0 Å². The molecule has 0 radical (unpaired) electrons. The first-order chi connectivity index (χ1) is 7.61. The van der Waals surface area contributed by atoms with E-state index in [4.69, 9.17) is 5.73 Å². The van der Waals surface area contributed by atoms with Crippen LogP contribution in [-0.4, -0.2) is 29.9 Å². The number of nitrogens with zero attached hydrogens (tertiary/aromatic N) is 1. The highest BCUT2D eigenvalue weighted by Gasteiger charge is 2.31. The van der Waals surface area contributed by atoms with E-state index < -0.39 is 0 Å². The maximum absolute atomic E-state index is 12.2. The summed E-state index contributed by atoms with van der Waals surface area (Å²) in [5, 5.41) is 0. The van der Waals surface area contributed by atoms with Crippen molar-refractivity contribution in [3.05, 3.63) is 0 Å². The van der Waals surface area contributed by atoms with Gasteiger partial charge in [0, 0.05) is 25.0 Å². The number of piperidine rings is 1. The van der Waals surface area contributed by atoms with E-state index in [1.54, 1.807) is 0 Å². The Morgan fingerprint density at radius 3 is 2.69 bits per heavy atom. The van der Waals surface area contributed by atoms with Gasteiger partial charge in [-0.25, -0.2) is 0 Å². The van der Waals surface area contributed by atoms with Gasteiger partial charge in [0.25, 0.3) is 0 Å². The van der Waals surface area contributed by atoms with E-state index in [-0.39, 0.29) is 11.8 Å². The van der Waals surface area contributed by atoms with E-state index in [1.807, 2.05) is 6.92 Å². The van der Waals surface area contributed by atoms with Crippen LogP contribution in [0.1, 0.15) is 46.5 Å². The van der Waals surface area contributed by atoms with Crippen molar-refractivity contribution in [1.82, 2.24) is 4.90 Å². The number of likely N-dealkylation sites (tertiary alicyclic amines) is 1.